The van der Waals surface area contributed by atoms with E-state index in [1.807, 2.05) is 0 Å². The summed E-state index contributed by atoms with van der Waals surface area (Å²) in [5.41, 5.74) is 7.88. The Balaban J connectivity index is 1.63. The van der Waals surface area contributed by atoms with E-state index in [9.17, 15) is 4.79 Å². The summed E-state index contributed by atoms with van der Waals surface area (Å²) in [6.07, 6.45) is 0. The van der Waals surface area contributed by atoms with Crippen LogP contribution >= 0.6 is 11.6 Å². The lowest BCUT2D eigenvalue weighted by Crippen LogP contribution is -2.23. The smallest absolute Gasteiger partial charge is 0.258 e. The van der Waals surface area contributed by atoms with Gasteiger partial charge in [0.25, 0.3) is 5.91 Å². The number of pyridine rings is 1. The Kier molecular flexibility index (Phi) is 5.56. The minimum Gasteiger partial charge on any atom is -0.497 e. The van der Waals surface area contributed by atoms with Gasteiger partial charge in [0.05, 0.1) is 26.3 Å². The Labute approximate surface area is 183 Å². The molecule has 1 aliphatic heterocycles. The fourth-order valence-electron chi connectivity index (χ4n) is 3.52. The molecule has 0 unspecified atom stereocenters. The molecule has 31 heavy (non-hydrogen) atoms. The number of carbonyl (C=O) groups is 1. The van der Waals surface area contributed by atoms with Gasteiger partial charge in [-0.15, -0.1) is 0 Å². The average Bonchev–Trinajstić information content (AvgIpc) is 3.09. The van der Waals surface area contributed by atoms with E-state index in [1.54, 1.807) is 49.6 Å². The summed E-state index contributed by atoms with van der Waals surface area (Å²) in [4.78, 5) is 18.5. The van der Waals surface area contributed by atoms with E-state index in [-0.39, 0.29) is 41.1 Å². The monoisotopic (exact) mass is 442 g/mol. The van der Waals surface area contributed by atoms with E-state index < -0.39 is 5.82 Å². The Hall–Kier alpha value is -3.52. The second kappa shape index (κ2) is 8.31. The van der Waals surface area contributed by atoms with Crippen LogP contribution in [0.25, 0.3) is 0 Å². The Morgan fingerprint density at radius 1 is 1.23 bits per heavy atom. The lowest BCUT2D eigenvalue weighted by molar-refractivity contribution is 0.0765. The van der Waals surface area contributed by atoms with Gasteiger partial charge in [-0.3, -0.25) is 4.79 Å². The molecule has 160 valence electrons. The number of anilines is 3. The van der Waals surface area contributed by atoms with Crippen molar-refractivity contribution < 1.29 is 18.7 Å². The minimum absolute atomic E-state index is 0.0583. The molecule has 1 aliphatic rings. The van der Waals surface area contributed by atoms with E-state index >= 15 is 4.39 Å². The molecular weight excluding hydrogens is 423 g/mol. The van der Waals surface area contributed by atoms with Gasteiger partial charge in [0, 0.05) is 35.1 Å². The number of amides is 1. The molecule has 0 saturated carbocycles. The standard InChI is InChI=1S/C22H20ClFN4O3/c1-30-15-7-6-12(17(9-15)31-2)10-28-11-16-18(22(28)29)20(23)27-21(19(16)24)26-14-5-3-4-13(25)8-14/h3-9H,10-11,25H2,1-2H3,(H,26,27). The van der Waals surface area contributed by atoms with E-state index in [4.69, 9.17) is 26.8 Å². The number of nitrogen functional groups attached to an aromatic ring is 1. The van der Waals surface area contributed by atoms with Crippen LogP contribution in [-0.4, -0.2) is 30.0 Å². The second-order valence-corrected chi connectivity index (χ2v) is 7.37. The summed E-state index contributed by atoms with van der Waals surface area (Å²) in [6.45, 7) is 0.275. The molecule has 0 spiro atoms. The number of aromatic nitrogens is 1. The Morgan fingerprint density at radius 2 is 2.03 bits per heavy atom. The summed E-state index contributed by atoms with van der Waals surface area (Å²) < 4.78 is 25.8. The van der Waals surface area contributed by atoms with Gasteiger partial charge in [0.1, 0.15) is 16.7 Å². The van der Waals surface area contributed by atoms with Crippen LogP contribution in [0.2, 0.25) is 5.15 Å². The molecule has 4 rings (SSSR count). The number of hydrogen-bond acceptors (Lipinski definition) is 6. The minimum atomic E-state index is -0.626. The number of nitrogens with one attached hydrogen (secondary N) is 1. The predicted octanol–water partition coefficient (Wildman–Crippen LogP) is 4.37. The zero-order valence-electron chi connectivity index (χ0n) is 16.9. The first-order valence-corrected chi connectivity index (χ1v) is 9.79. The van der Waals surface area contributed by atoms with Crippen molar-refractivity contribution in [2.45, 2.75) is 13.1 Å². The quantitative estimate of drug-likeness (QED) is 0.435. The number of halogens is 2. The maximum atomic E-state index is 15.2. The van der Waals surface area contributed by atoms with Crippen molar-refractivity contribution in [1.82, 2.24) is 9.88 Å². The Bertz CT molecular complexity index is 1170. The molecule has 0 fully saturated rings. The van der Waals surface area contributed by atoms with Gasteiger partial charge in [0.15, 0.2) is 11.6 Å². The van der Waals surface area contributed by atoms with Gasteiger partial charge in [-0.25, -0.2) is 9.37 Å². The predicted molar refractivity (Wildman–Crippen MR) is 116 cm³/mol. The maximum Gasteiger partial charge on any atom is 0.258 e. The molecule has 2 heterocycles. The van der Waals surface area contributed by atoms with Crippen LogP contribution in [0.5, 0.6) is 11.5 Å². The molecule has 3 aromatic rings. The van der Waals surface area contributed by atoms with Gasteiger partial charge >= 0.3 is 0 Å². The molecule has 1 aromatic heterocycles. The van der Waals surface area contributed by atoms with Gasteiger partial charge in [-0.05, 0) is 30.3 Å². The molecule has 0 bridgehead atoms. The first-order chi connectivity index (χ1) is 14.9. The molecular formula is C22H20ClFN4O3. The van der Waals surface area contributed by atoms with E-state index in [2.05, 4.69) is 10.3 Å². The SMILES string of the molecule is COc1ccc(CN2Cc3c(F)c(Nc4cccc(N)c4)nc(Cl)c3C2=O)c(OC)c1. The number of hydrogen-bond donors (Lipinski definition) is 2. The van der Waals surface area contributed by atoms with Crippen LogP contribution in [0.15, 0.2) is 42.5 Å². The first kappa shape index (κ1) is 20.7. The summed E-state index contributed by atoms with van der Waals surface area (Å²) in [7, 11) is 3.09. The second-order valence-electron chi connectivity index (χ2n) is 7.01. The van der Waals surface area contributed by atoms with Gasteiger partial charge in [-0.1, -0.05) is 17.7 Å². The highest BCUT2D eigenvalue weighted by molar-refractivity contribution is 6.33. The molecule has 0 aliphatic carbocycles. The lowest BCUT2D eigenvalue weighted by Gasteiger charge is -2.18. The normalized spacial score (nSPS) is 12.6. The molecule has 1 amide bonds. The third kappa shape index (κ3) is 3.94. The molecule has 7 nitrogen and oxygen atoms in total. The van der Waals surface area contributed by atoms with E-state index in [0.29, 0.717) is 22.9 Å². The molecule has 2 aromatic carbocycles. The number of carbonyl (C=O) groups excluding carboxylic acids is 1. The zero-order valence-corrected chi connectivity index (χ0v) is 17.7. The summed E-state index contributed by atoms with van der Waals surface area (Å²) in [5.74, 6) is 0.120. The van der Waals surface area contributed by atoms with Crippen molar-refractivity contribution in [2.24, 2.45) is 0 Å². The number of nitrogens with zero attached hydrogens (tertiary/aromatic N) is 2. The highest BCUT2D eigenvalue weighted by Crippen LogP contribution is 2.36. The Morgan fingerprint density at radius 3 is 2.74 bits per heavy atom. The van der Waals surface area contributed by atoms with Crippen LogP contribution in [0.4, 0.5) is 21.6 Å². The number of rotatable bonds is 6. The van der Waals surface area contributed by atoms with Crippen LogP contribution in [0.3, 0.4) is 0 Å². The van der Waals surface area contributed by atoms with E-state index in [0.717, 1.165) is 5.56 Å². The summed E-state index contributed by atoms with van der Waals surface area (Å²) in [6, 6.07) is 12.1. The molecule has 3 N–H and O–H groups in total. The number of fused-ring (bicyclic) bond motifs is 1. The van der Waals surface area contributed by atoms with Crippen molar-refractivity contribution in [3.63, 3.8) is 0 Å². The zero-order chi connectivity index (χ0) is 22.1. The molecule has 9 heteroatoms. The number of benzene rings is 2. The highest BCUT2D eigenvalue weighted by Gasteiger charge is 2.35. The third-order valence-electron chi connectivity index (χ3n) is 5.05. The van der Waals surface area contributed by atoms with Gasteiger partial charge in [0.2, 0.25) is 0 Å². The number of methoxy groups -OCH3 is 2. The molecule has 0 saturated heterocycles. The first-order valence-electron chi connectivity index (χ1n) is 9.42. The highest BCUT2D eigenvalue weighted by atomic mass is 35.5. The van der Waals surface area contributed by atoms with Crippen molar-refractivity contribution >= 4 is 34.7 Å². The van der Waals surface area contributed by atoms with Crippen molar-refractivity contribution in [3.05, 3.63) is 70.1 Å². The molecule has 0 atom stereocenters. The topological polar surface area (TPSA) is 89.7 Å². The van der Waals surface area contributed by atoms with Gasteiger partial charge < -0.3 is 25.4 Å². The fourth-order valence-corrected chi connectivity index (χ4v) is 3.80. The maximum absolute atomic E-state index is 15.2. The van der Waals surface area contributed by atoms with Crippen LogP contribution in [0.1, 0.15) is 21.5 Å². The largest absolute Gasteiger partial charge is 0.497 e. The fraction of sp³-hybridized carbons (Fsp3) is 0.182. The molecule has 0 radical (unpaired) electrons. The van der Waals surface area contributed by atoms with Crippen molar-refractivity contribution in [3.8, 4) is 11.5 Å². The lowest BCUT2D eigenvalue weighted by atomic mass is 10.1. The van der Waals surface area contributed by atoms with Crippen LogP contribution in [-0.2, 0) is 13.1 Å². The van der Waals surface area contributed by atoms with Gasteiger partial charge in [-0.2, -0.15) is 0 Å². The van der Waals surface area contributed by atoms with E-state index in [1.165, 1.54) is 12.0 Å². The van der Waals surface area contributed by atoms with Crippen molar-refractivity contribution in [1.29, 1.82) is 0 Å². The third-order valence-corrected chi connectivity index (χ3v) is 5.32. The summed E-state index contributed by atoms with van der Waals surface area (Å²) >= 11 is 6.27. The van der Waals surface area contributed by atoms with Crippen LogP contribution in [0, 0.1) is 5.82 Å². The number of ether oxygens (including phenoxy) is 2. The average molecular weight is 443 g/mol. The van der Waals surface area contributed by atoms with Crippen molar-refractivity contribution in [2.75, 3.05) is 25.3 Å². The summed E-state index contributed by atoms with van der Waals surface area (Å²) in [5, 5.41) is 2.82. The van der Waals surface area contributed by atoms with Crippen LogP contribution < -0.4 is 20.5 Å². The number of nitrogens with two attached hydrogens (primary N) is 1.